The number of Topliss-reactive ketones (excluding diaryl/α,β-unsaturated/α-hetero) is 1. The predicted octanol–water partition coefficient (Wildman–Crippen LogP) is 4.29. The van der Waals surface area contributed by atoms with Crippen LogP contribution in [-0.4, -0.2) is 12.4 Å². The highest BCUT2D eigenvalue weighted by molar-refractivity contribution is 5.85. The third-order valence-electron chi connectivity index (χ3n) is 3.14. The van der Waals surface area contributed by atoms with Crippen molar-refractivity contribution in [3.05, 3.63) is 29.3 Å². The number of hydrogen-bond donors (Lipinski definition) is 0. The van der Waals surface area contributed by atoms with Gasteiger partial charge in [-0.1, -0.05) is 53.7 Å². The largest absolute Gasteiger partial charge is 0.486 e. The minimum atomic E-state index is -0.355. The van der Waals surface area contributed by atoms with Crippen LogP contribution in [0.3, 0.4) is 0 Å². The van der Waals surface area contributed by atoms with Crippen LogP contribution in [0.1, 0.15) is 52.7 Å². The minimum Gasteiger partial charge on any atom is -0.486 e. The second kappa shape index (κ2) is 5.36. The van der Waals surface area contributed by atoms with E-state index in [1.165, 1.54) is 0 Å². The van der Waals surface area contributed by atoms with Gasteiger partial charge in [0, 0.05) is 5.41 Å². The maximum Gasteiger partial charge on any atom is 0.175 e. The van der Waals surface area contributed by atoms with E-state index in [0.717, 1.165) is 16.9 Å². The molecule has 0 unspecified atom stereocenters. The number of ketones is 1. The maximum atomic E-state index is 12.0. The summed E-state index contributed by atoms with van der Waals surface area (Å²) in [5, 5.41) is 0. The Morgan fingerprint density at radius 1 is 1.11 bits per heavy atom. The number of benzene rings is 1. The quantitative estimate of drug-likeness (QED) is 0.812. The van der Waals surface area contributed by atoms with Crippen molar-refractivity contribution in [2.45, 2.75) is 53.9 Å². The predicted molar refractivity (Wildman–Crippen MR) is 79.8 cm³/mol. The van der Waals surface area contributed by atoms with Crippen LogP contribution >= 0.6 is 0 Å². The lowest BCUT2D eigenvalue weighted by molar-refractivity contribution is -0.128. The summed E-state index contributed by atoms with van der Waals surface area (Å²) in [6.07, 6.45) is 0. The van der Waals surface area contributed by atoms with Gasteiger partial charge in [-0.05, 0) is 29.5 Å². The Morgan fingerprint density at radius 2 is 1.68 bits per heavy atom. The van der Waals surface area contributed by atoms with Gasteiger partial charge in [0.2, 0.25) is 0 Å². The van der Waals surface area contributed by atoms with Crippen molar-refractivity contribution >= 4 is 5.78 Å². The van der Waals surface area contributed by atoms with Crippen LogP contribution in [0.4, 0.5) is 0 Å². The third kappa shape index (κ3) is 4.38. The molecule has 0 aromatic heterocycles. The molecule has 2 nitrogen and oxygen atoms in total. The molecule has 106 valence electrons. The second-order valence-corrected chi connectivity index (χ2v) is 7.21. The highest BCUT2D eigenvalue weighted by Crippen LogP contribution is 2.32. The lowest BCUT2D eigenvalue weighted by Gasteiger charge is -2.24. The van der Waals surface area contributed by atoms with Gasteiger partial charge in [0.15, 0.2) is 5.78 Å². The average Bonchev–Trinajstić information content (AvgIpc) is 2.22. The topological polar surface area (TPSA) is 26.3 Å². The Labute approximate surface area is 117 Å². The molecular weight excluding hydrogens is 236 g/mol. The van der Waals surface area contributed by atoms with Gasteiger partial charge in [0.05, 0.1) is 0 Å². The van der Waals surface area contributed by atoms with Gasteiger partial charge in [-0.15, -0.1) is 0 Å². The van der Waals surface area contributed by atoms with Crippen LogP contribution in [0.25, 0.3) is 0 Å². The Hall–Kier alpha value is -1.31. The Morgan fingerprint density at radius 3 is 2.16 bits per heavy atom. The summed E-state index contributed by atoms with van der Waals surface area (Å²) in [5.41, 5.74) is 1.94. The zero-order valence-electron chi connectivity index (χ0n) is 13.3. The summed E-state index contributed by atoms with van der Waals surface area (Å²) in [4.78, 5) is 12.0. The van der Waals surface area contributed by atoms with E-state index in [0.29, 0.717) is 0 Å². The molecule has 0 aliphatic rings. The summed E-state index contributed by atoms with van der Waals surface area (Å²) in [5.74, 6) is 0.943. The van der Waals surface area contributed by atoms with E-state index < -0.39 is 0 Å². The second-order valence-electron chi connectivity index (χ2n) is 7.21. The van der Waals surface area contributed by atoms with Gasteiger partial charge in [-0.25, -0.2) is 0 Å². The number of rotatable bonds is 3. The number of ether oxygens (including phenoxy) is 1. The number of carbonyl (C=O) groups excluding carboxylic acids is 1. The molecule has 0 heterocycles. The van der Waals surface area contributed by atoms with Crippen molar-refractivity contribution in [3.63, 3.8) is 0 Å². The Balaban J connectivity index is 2.95. The van der Waals surface area contributed by atoms with E-state index >= 15 is 0 Å². The minimum absolute atomic E-state index is 0.00775. The van der Waals surface area contributed by atoms with Gasteiger partial charge in [-0.2, -0.15) is 0 Å². The first kappa shape index (κ1) is 15.7. The van der Waals surface area contributed by atoms with Crippen molar-refractivity contribution in [1.82, 2.24) is 0 Å². The molecule has 0 aliphatic heterocycles. The highest BCUT2D eigenvalue weighted by atomic mass is 16.5. The van der Waals surface area contributed by atoms with Crippen LogP contribution in [0.5, 0.6) is 5.75 Å². The summed E-state index contributed by atoms with van der Waals surface area (Å²) in [6, 6.07) is 6.18. The van der Waals surface area contributed by atoms with Crippen molar-refractivity contribution in [2.24, 2.45) is 5.41 Å². The maximum absolute atomic E-state index is 12.0. The third-order valence-corrected chi connectivity index (χ3v) is 3.14. The molecule has 0 saturated carbocycles. The van der Waals surface area contributed by atoms with Gasteiger partial charge in [-0.3, -0.25) is 4.79 Å². The SMILES string of the molecule is Cc1ccc(C(C)(C)C)c(OCC(=O)C(C)(C)C)c1. The number of carbonyl (C=O) groups is 1. The van der Waals surface area contributed by atoms with Crippen LogP contribution in [0, 0.1) is 12.3 Å². The molecule has 0 radical (unpaired) electrons. The molecule has 0 atom stereocenters. The fourth-order valence-corrected chi connectivity index (χ4v) is 1.73. The molecule has 0 saturated heterocycles. The average molecular weight is 262 g/mol. The van der Waals surface area contributed by atoms with Crippen LogP contribution in [0.15, 0.2) is 18.2 Å². The molecule has 0 N–H and O–H groups in total. The molecule has 0 bridgehead atoms. The molecule has 0 amide bonds. The zero-order chi connectivity index (χ0) is 14.8. The summed E-state index contributed by atoms with van der Waals surface area (Å²) in [6.45, 7) is 14.4. The van der Waals surface area contributed by atoms with E-state index in [2.05, 4.69) is 32.9 Å². The molecule has 2 heteroatoms. The van der Waals surface area contributed by atoms with Crippen molar-refractivity contribution in [1.29, 1.82) is 0 Å². The van der Waals surface area contributed by atoms with Gasteiger partial charge < -0.3 is 4.74 Å². The van der Waals surface area contributed by atoms with Gasteiger partial charge in [0.25, 0.3) is 0 Å². The standard InChI is InChI=1S/C17H26O2/c1-12-8-9-13(16(2,3)4)14(10-12)19-11-15(18)17(5,6)7/h8-10H,11H2,1-7H3. The molecule has 1 rings (SSSR count). The molecular formula is C17H26O2. The molecule has 19 heavy (non-hydrogen) atoms. The summed E-state index contributed by atoms with van der Waals surface area (Å²) in [7, 11) is 0. The van der Waals surface area contributed by atoms with E-state index in [1.807, 2.05) is 33.8 Å². The number of aryl methyl sites for hydroxylation is 1. The van der Waals surface area contributed by atoms with Gasteiger partial charge >= 0.3 is 0 Å². The first-order chi connectivity index (χ1) is 8.51. The molecule has 0 fully saturated rings. The first-order valence-corrected chi connectivity index (χ1v) is 6.79. The van der Waals surface area contributed by atoms with E-state index in [9.17, 15) is 4.79 Å². The van der Waals surface area contributed by atoms with Crippen molar-refractivity contribution in [3.8, 4) is 5.75 Å². The number of hydrogen-bond acceptors (Lipinski definition) is 2. The molecule has 1 aromatic carbocycles. The van der Waals surface area contributed by atoms with Crippen LogP contribution in [-0.2, 0) is 10.2 Å². The zero-order valence-corrected chi connectivity index (χ0v) is 13.3. The fraction of sp³-hybridized carbons (Fsp3) is 0.588. The molecule has 1 aromatic rings. The first-order valence-electron chi connectivity index (χ1n) is 6.79. The van der Waals surface area contributed by atoms with E-state index in [1.54, 1.807) is 0 Å². The normalized spacial score (nSPS) is 12.4. The Kier molecular flexibility index (Phi) is 4.44. The van der Waals surface area contributed by atoms with Crippen molar-refractivity contribution < 1.29 is 9.53 Å². The Bertz CT molecular complexity index is 459. The monoisotopic (exact) mass is 262 g/mol. The summed E-state index contributed by atoms with van der Waals surface area (Å²) >= 11 is 0. The van der Waals surface area contributed by atoms with Crippen LogP contribution in [0.2, 0.25) is 0 Å². The van der Waals surface area contributed by atoms with Crippen molar-refractivity contribution in [2.75, 3.05) is 6.61 Å². The van der Waals surface area contributed by atoms with E-state index in [-0.39, 0.29) is 23.2 Å². The van der Waals surface area contributed by atoms with E-state index in [4.69, 9.17) is 4.74 Å². The lowest BCUT2D eigenvalue weighted by atomic mass is 9.86. The lowest BCUT2D eigenvalue weighted by Crippen LogP contribution is -2.27. The summed E-state index contributed by atoms with van der Waals surface area (Å²) < 4.78 is 5.78. The smallest absolute Gasteiger partial charge is 0.175 e. The highest BCUT2D eigenvalue weighted by Gasteiger charge is 2.23. The molecule has 0 aliphatic carbocycles. The fourth-order valence-electron chi connectivity index (χ4n) is 1.73. The van der Waals surface area contributed by atoms with Gasteiger partial charge in [0.1, 0.15) is 12.4 Å². The molecule has 0 spiro atoms. The van der Waals surface area contributed by atoms with Crippen LogP contribution < -0.4 is 4.74 Å².